The van der Waals surface area contributed by atoms with E-state index in [2.05, 4.69) is 4.72 Å². The first kappa shape index (κ1) is 9.95. The summed E-state index contributed by atoms with van der Waals surface area (Å²) in [6, 6.07) is 0. The lowest BCUT2D eigenvalue weighted by molar-refractivity contribution is 0.0678. The third-order valence-corrected chi connectivity index (χ3v) is 4.16. The fraction of sp³-hybridized carbons (Fsp3) is 1.00. The molecule has 0 aromatic carbocycles. The summed E-state index contributed by atoms with van der Waals surface area (Å²) < 4.78 is 30.4. The van der Waals surface area contributed by atoms with Crippen molar-refractivity contribution in [2.45, 2.75) is 37.7 Å². The third kappa shape index (κ3) is 1.78. The van der Waals surface area contributed by atoms with E-state index in [0.29, 0.717) is 6.42 Å². The van der Waals surface area contributed by atoms with Gasteiger partial charge in [-0.2, -0.15) is 0 Å². The van der Waals surface area contributed by atoms with Gasteiger partial charge in [-0.1, -0.05) is 0 Å². The lowest BCUT2D eigenvalue weighted by atomic mass is 10.2. The van der Waals surface area contributed by atoms with Crippen molar-refractivity contribution in [2.24, 2.45) is 0 Å². The highest BCUT2D eigenvalue weighted by Gasteiger charge is 2.38. The Bertz CT molecular complexity index is 249. The Morgan fingerprint density at radius 2 is 2.00 bits per heavy atom. The van der Waals surface area contributed by atoms with Gasteiger partial charge in [0.25, 0.3) is 0 Å². The number of nitrogens with one attached hydrogen (secondary N) is 1. The van der Waals surface area contributed by atoms with Crippen molar-refractivity contribution in [2.75, 3.05) is 7.05 Å². The van der Waals surface area contributed by atoms with Crippen LogP contribution in [0.3, 0.4) is 0 Å². The summed E-state index contributed by atoms with van der Waals surface area (Å²) in [7, 11) is -1.72. The Balaban J connectivity index is 2.77. The molecule has 1 fully saturated rings. The van der Waals surface area contributed by atoms with Crippen LogP contribution in [0.5, 0.6) is 0 Å². The van der Waals surface area contributed by atoms with Crippen LogP contribution in [0, 0.1) is 0 Å². The van der Waals surface area contributed by atoms with Crippen LogP contribution >= 0.6 is 0 Å². The molecule has 1 aliphatic heterocycles. The van der Waals surface area contributed by atoms with Gasteiger partial charge >= 0.3 is 0 Å². The SMILES string of the molecule is CNS(=O)(=O)C1CC(C)OC1C. The van der Waals surface area contributed by atoms with Gasteiger partial charge in [0.1, 0.15) is 5.25 Å². The van der Waals surface area contributed by atoms with Gasteiger partial charge in [-0.15, -0.1) is 0 Å². The van der Waals surface area contributed by atoms with Gasteiger partial charge in [0, 0.05) is 0 Å². The van der Waals surface area contributed by atoms with E-state index >= 15 is 0 Å². The Hall–Kier alpha value is -0.130. The molecule has 0 saturated carbocycles. The summed E-state index contributed by atoms with van der Waals surface area (Å²) in [5.74, 6) is 0. The van der Waals surface area contributed by atoms with E-state index in [1.54, 1.807) is 6.92 Å². The van der Waals surface area contributed by atoms with Crippen LogP contribution < -0.4 is 4.72 Å². The maximum atomic E-state index is 11.4. The van der Waals surface area contributed by atoms with E-state index in [1.165, 1.54) is 7.05 Å². The van der Waals surface area contributed by atoms with Crippen LogP contribution in [0.15, 0.2) is 0 Å². The second kappa shape index (κ2) is 3.32. The number of rotatable bonds is 2. The summed E-state index contributed by atoms with van der Waals surface area (Å²) in [6.07, 6.45) is 0.440. The molecule has 0 aromatic rings. The van der Waals surface area contributed by atoms with Gasteiger partial charge in [0.05, 0.1) is 12.2 Å². The first-order chi connectivity index (χ1) is 5.47. The van der Waals surface area contributed by atoms with E-state index in [4.69, 9.17) is 4.74 Å². The Morgan fingerprint density at radius 3 is 2.33 bits per heavy atom. The molecule has 12 heavy (non-hydrogen) atoms. The zero-order chi connectivity index (χ0) is 9.35. The molecule has 4 nitrogen and oxygen atoms in total. The maximum Gasteiger partial charge on any atom is 0.216 e. The van der Waals surface area contributed by atoms with Gasteiger partial charge in [-0.05, 0) is 27.3 Å². The van der Waals surface area contributed by atoms with Crippen molar-refractivity contribution >= 4 is 10.0 Å². The fourth-order valence-electron chi connectivity index (χ4n) is 1.56. The van der Waals surface area contributed by atoms with Gasteiger partial charge < -0.3 is 4.74 Å². The van der Waals surface area contributed by atoms with E-state index in [9.17, 15) is 8.42 Å². The van der Waals surface area contributed by atoms with Crippen LogP contribution in [-0.4, -0.2) is 32.9 Å². The van der Waals surface area contributed by atoms with Crippen LogP contribution in [0.1, 0.15) is 20.3 Å². The zero-order valence-electron chi connectivity index (χ0n) is 7.57. The molecule has 0 aliphatic carbocycles. The number of ether oxygens (including phenoxy) is 1. The van der Waals surface area contributed by atoms with E-state index in [0.717, 1.165) is 0 Å². The molecule has 5 heteroatoms. The highest BCUT2D eigenvalue weighted by molar-refractivity contribution is 7.90. The molecule has 3 unspecified atom stereocenters. The van der Waals surface area contributed by atoms with Crippen molar-refractivity contribution in [1.82, 2.24) is 4.72 Å². The normalized spacial score (nSPS) is 37.1. The van der Waals surface area contributed by atoms with Crippen LogP contribution in [-0.2, 0) is 14.8 Å². The van der Waals surface area contributed by atoms with E-state index in [1.807, 2.05) is 6.92 Å². The zero-order valence-corrected chi connectivity index (χ0v) is 8.39. The third-order valence-electron chi connectivity index (χ3n) is 2.22. The monoisotopic (exact) mass is 193 g/mol. The van der Waals surface area contributed by atoms with Crippen molar-refractivity contribution in [3.05, 3.63) is 0 Å². The van der Waals surface area contributed by atoms with E-state index in [-0.39, 0.29) is 12.2 Å². The predicted octanol–water partition coefficient (Wildman–Crippen LogP) is 0.102. The summed E-state index contributed by atoms with van der Waals surface area (Å²) in [5.41, 5.74) is 0. The molecule has 0 spiro atoms. The topological polar surface area (TPSA) is 55.4 Å². The Labute approximate surface area is 73.3 Å². The van der Waals surface area contributed by atoms with Crippen molar-refractivity contribution < 1.29 is 13.2 Å². The highest BCUT2D eigenvalue weighted by Crippen LogP contribution is 2.24. The Morgan fingerprint density at radius 1 is 1.42 bits per heavy atom. The number of hydrogen-bond acceptors (Lipinski definition) is 3. The fourth-order valence-corrected chi connectivity index (χ4v) is 2.95. The highest BCUT2D eigenvalue weighted by atomic mass is 32.2. The lowest BCUT2D eigenvalue weighted by Crippen LogP contribution is -2.36. The molecular weight excluding hydrogens is 178 g/mol. The molecule has 0 amide bonds. The summed E-state index contributed by atoms with van der Waals surface area (Å²) >= 11 is 0. The molecule has 1 aliphatic rings. The molecule has 1 N–H and O–H groups in total. The maximum absolute atomic E-state index is 11.4. The smallest absolute Gasteiger partial charge is 0.216 e. The van der Waals surface area contributed by atoms with Crippen molar-refractivity contribution in [3.8, 4) is 0 Å². The summed E-state index contributed by atoms with van der Waals surface area (Å²) in [4.78, 5) is 0. The summed E-state index contributed by atoms with van der Waals surface area (Å²) in [6.45, 7) is 3.69. The predicted molar refractivity (Wildman–Crippen MR) is 46.4 cm³/mol. The number of sulfonamides is 1. The van der Waals surface area contributed by atoms with Crippen LogP contribution in [0.25, 0.3) is 0 Å². The van der Waals surface area contributed by atoms with Gasteiger partial charge in [0.15, 0.2) is 0 Å². The van der Waals surface area contributed by atoms with Crippen molar-refractivity contribution in [3.63, 3.8) is 0 Å². The lowest BCUT2D eigenvalue weighted by Gasteiger charge is -2.13. The van der Waals surface area contributed by atoms with Crippen LogP contribution in [0.2, 0.25) is 0 Å². The average molecular weight is 193 g/mol. The average Bonchev–Trinajstić information content (AvgIpc) is 2.31. The molecular formula is C7H15NO3S. The molecule has 1 saturated heterocycles. The standard InChI is InChI=1S/C7H15NO3S/c1-5-4-7(6(2)11-5)12(9,10)8-3/h5-8H,4H2,1-3H3. The number of hydrogen-bond donors (Lipinski definition) is 1. The Kier molecular flexibility index (Phi) is 2.75. The minimum atomic E-state index is -3.16. The summed E-state index contributed by atoms with van der Waals surface area (Å²) in [5, 5.41) is -0.391. The minimum Gasteiger partial charge on any atom is -0.374 e. The molecule has 72 valence electrons. The van der Waals surface area contributed by atoms with Crippen molar-refractivity contribution in [1.29, 1.82) is 0 Å². The molecule has 0 radical (unpaired) electrons. The van der Waals surface area contributed by atoms with Crippen LogP contribution in [0.4, 0.5) is 0 Å². The molecule has 0 bridgehead atoms. The second-order valence-corrected chi connectivity index (χ2v) is 5.28. The quantitative estimate of drug-likeness (QED) is 0.677. The first-order valence-electron chi connectivity index (χ1n) is 4.05. The molecule has 3 atom stereocenters. The second-order valence-electron chi connectivity index (χ2n) is 3.18. The van der Waals surface area contributed by atoms with Gasteiger partial charge in [0.2, 0.25) is 10.0 Å². The minimum absolute atomic E-state index is 0.0492. The van der Waals surface area contributed by atoms with Gasteiger partial charge in [-0.25, -0.2) is 13.1 Å². The molecule has 1 rings (SSSR count). The van der Waals surface area contributed by atoms with Gasteiger partial charge in [-0.3, -0.25) is 0 Å². The largest absolute Gasteiger partial charge is 0.374 e. The van der Waals surface area contributed by atoms with E-state index < -0.39 is 15.3 Å². The molecule has 1 heterocycles. The molecule has 0 aromatic heterocycles. The first-order valence-corrected chi connectivity index (χ1v) is 5.60.